The van der Waals surface area contributed by atoms with Crippen molar-refractivity contribution < 1.29 is 23.9 Å². The minimum atomic E-state index is -0.352. The van der Waals surface area contributed by atoms with Gasteiger partial charge in [-0.2, -0.15) is 0 Å². The average Bonchev–Trinajstić information content (AvgIpc) is 3.52. The third-order valence-corrected chi connectivity index (χ3v) is 7.41. The van der Waals surface area contributed by atoms with Gasteiger partial charge in [-0.1, -0.05) is 17.7 Å². The topological polar surface area (TPSA) is 119 Å². The Balaban J connectivity index is 1.24. The van der Waals surface area contributed by atoms with Gasteiger partial charge < -0.3 is 25.4 Å². The van der Waals surface area contributed by atoms with E-state index in [0.717, 1.165) is 14.6 Å². The number of thiazole rings is 1. The van der Waals surface area contributed by atoms with E-state index in [1.54, 1.807) is 6.07 Å². The molecule has 1 aromatic carbocycles. The Labute approximate surface area is 199 Å². The van der Waals surface area contributed by atoms with E-state index in [2.05, 4.69) is 26.9 Å². The van der Waals surface area contributed by atoms with Gasteiger partial charge in [-0.15, -0.1) is 17.8 Å². The third kappa shape index (κ3) is 6.45. The molecular formula is C22H24N4O5S2. The van der Waals surface area contributed by atoms with Crippen molar-refractivity contribution in [3.05, 3.63) is 18.2 Å². The van der Waals surface area contributed by atoms with Crippen LogP contribution in [0, 0.1) is 18.3 Å². The molecule has 1 aromatic heterocycles. The maximum Gasteiger partial charge on any atom is 0.230 e. The zero-order chi connectivity index (χ0) is 23.2. The molecule has 0 aliphatic carbocycles. The number of aromatic nitrogens is 1. The zero-order valence-corrected chi connectivity index (χ0v) is 19.4. The van der Waals surface area contributed by atoms with Gasteiger partial charge in [0, 0.05) is 18.7 Å². The predicted molar refractivity (Wildman–Crippen MR) is 126 cm³/mol. The van der Waals surface area contributed by atoms with Crippen LogP contribution < -0.4 is 16.0 Å². The number of nitrogens with one attached hydrogen (secondary N) is 3. The Morgan fingerprint density at radius 3 is 3.09 bits per heavy atom. The number of benzene rings is 1. The Hall–Kier alpha value is -2.65. The van der Waals surface area contributed by atoms with Gasteiger partial charge >= 0.3 is 0 Å². The van der Waals surface area contributed by atoms with E-state index < -0.39 is 0 Å². The summed E-state index contributed by atoms with van der Waals surface area (Å²) in [7, 11) is 0. The molecule has 4 rings (SSSR count). The highest BCUT2D eigenvalue weighted by atomic mass is 32.2. The fraction of sp³-hybridized carbons (Fsp3) is 0.455. The molecule has 2 aliphatic rings. The van der Waals surface area contributed by atoms with Crippen LogP contribution in [0.3, 0.4) is 0 Å². The molecule has 0 radical (unpaired) electrons. The lowest BCUT2D eigenvalue weighted by Gasteiger charge is -2.10. The molecule has 2 fully saturated rings. The first-order valence-electron chi connectivity index (χ1n) is 10.5. The highest BCUT2D eigenvalue weighted by molar-refractivity contribution is 8.01. The monoisotopic (exact) mass is 488 g/mol. The number of carbonyl (C=O) groups excluding carboxylic acids is 3. The molecule has 3 N–H and O–H groups in total. The molecule has 3 amide bonds. The second-order valence-corrected chi connectivity index (χ2v) is 10.1. The van der Waals surface area contributed by atoms with Gasteiger partial charge in [-0.3, -0.25) is 14.4 Å². The summed E-state index contributed by atoms with van der Waals surface area (Å²) >= 11 is 2.83. The molecule has 0 saturated carbocycles. The maximum atomic E-state index is 12.3. The van der Waals surface area contributed by atoms with E-state index in [9.17, 15) is 14.4 Å². The highest BCUT2D eigenvalue weighted by Crippen LogP contribution is 2.31. The van der Waals surface area contributed by atoms with Crippen molar-refractivity contribution in [3.63, 3.8) is 0 Å². The first-order valence-corrected chi connectivity index (χ1v) is 12.3. The van der Waals surface area contributed by atoms with Crippen LogP contribution in [0.4, 0.5) is 5.69 Å². The van der Waals surface area contributed by atoms with Gasteiger partial charge in [0.1, 0.15) is 6.61 Å². The van der Waals surface area contributed by atoms with Crippen molar-refractivity contribution in [2.45, 2.75) is 29.3 Å². The van der Waals surface area contributed by atoms with Gasteiger partial charge in [-0.25, -0.2) is 4.98 Å². The Morgan fingerprint density at radius 2 is 2.30 bits per heavy atom. The van der Waals surface area contributed by atoms with Gasteiger partial charge in [0.25, 0.3) is 0 Å². The standard InChI is InChI=1S/C22H24N4O5S2/c1-2-5-30-11-16-7-15(10-31-16)24-20(28)12-32-22-26-17-4-3-14(8-18(17)33-22)25-21(29)13-6-19(27)23-9-13/h1,3-4,8,13,15-16H,5-7,9-12H2,(H,23,27)(H,24,28)(H,25,29)/t13-,15?,16-/m0/s1. The summed E-state index contributed by atoms with van der Waals surface area (Å²) in [6.45, 7) is 1.50. The van der Waals surface area contributed by atoms with Gasteiger partial charge in [0.05, 0.1) is 47.2 Å². The first-order chi connectivity index (χ1) is 16.0. The number of thioether (sulfide) groups is 1. The van der Waals surface area contributed by atoms with Crippen molar-refractivity contribution in [2.24, 2.45) is 5.92 Å². The predicted octanol–water partition coefficient (Wildman–Crippen LogP) is 1.39. The van der Waals surface area contributed by atoms with Crippen LogP contribution >= 0.6 is 23.1 Å². The number of rotatable bonds is 9. The van der Waals surface area contributed by atoms with Crippen molar-refractivity contribution in [3.8, 4) is 12.3 Å². The maximum absolute atomic E-state index is 12.3. The zero-order valence-electron chi connectivity index (χ0n) is 17.8. The van der Waals surface area contributed by atoms with E-state index in [1.165, 1.54) is 23.1 Å². The molecule has 0 spiro atoms. The molecular weight excluding hydrogens is 464 g/mol. The van der Waals surface area contributed by atoms with Gasteiger partial charge in [-0.05, 0) is 24.6 Å². The molecule has 2 saturated heterocycles. The Morgan fingerprint density at radius 1 is 1.42 bits per heavy atom. The number of carbonyl (C=O) groups is 3. The Bertz CT molecular complexity index is 1080. The molecule has 3 heterocycles. The minimum Gasteiger partial charge on any atom is -0.374 e. The summed E-state index contributed by atoms with van der Waals surface area (Å²) in [5.74, 6) is 1.95. The lowest BCUT2D eigenvalue weighted by molar-refractivity contribution is -0.123. The lowest BCUT2D eigenvalue weighted by atomic mass is 10.1. The summed E-state index contributed by atoms with van der Waals surface area (Å²) in [6.07, 6.45) is 6.01. The lowest BCUT2D eigenvalue weighted by Crippen LogP contribution is -2.36. The van der Waals surface area contributed by atoms with Gasteiger partial charge in [0.2, 0.25) is 17.7 Å². The molecule has 33 heavy (non-hydrogen) atoms. The fourth-order valence-electron chi connectivity index (χ4n) is 3.65. The summed E-state index contributed by atoms with van der Waals surface area (Å²) < 4.78 is 12.6. The number of terminal acetylenes is 1. The number of ether oxygens (including phenoxy) is 2. The van der Waals surface area contributed by atoms with Crippen molar-refractivity contribution in [1.82, 2.24) is 15.6 Å². The second kappa shape index (κ2) is 11.0. The normalized spacial score (nSPS) is 22.2. The fourth-order valence-corrected chi connectivity index (χ4v) is 5.57. The summed E-state index contributed by atoms with van der Waals surface area (Å²) in [5, 5.41) is 8.51. The Kier molecular flexibility index (Phi) is 7.82. The van der Waals surface area contributed by atoms with Crippen LogP contribution in [-0.2, 0) is 23.9 Å². The molecule has 2 aliphatic heterocycles. The van der Waals surface area contributed by atoms with E-state index in [4.69, 9.17) is 15.9 Å². The molecule has 0 bridgehead atoms. The molecule has 174 valence electrons. The van der Waals surface area contributed by atoms with Gasteiger partial charge in [0.15, 0.2) is 4.34 Å². The molecule has 1 unspecified atom stereocenters. The van der Waals surface area contributed by atoms with E-state index in [0.29, 0.717) is 31.9 Å². The number of hydrogen-bond donors (Lipinski definition) is 3. The molecule has 3 atom stereocenters. The second-order valence-electron chi connectivity index (χ2n) is 7.82. The number of anilines is 1. The van der Waals surface area contributed by atoms with Crippen LogP contribution in [0.15, 0.2) is 22.5 Å². The molecule has 9 nitrogen and oxygen atoms in total. The number of nitrogens with zero attached hydrogens (tertiary/aromatic N) is 1. The van der Waals surface area contributed by atoms with Crippen LogP contribution in [0.2, 0.25) is 0 Å². The number of fused-ring (bicyclic) bond motifs is 1. The number of hydrogen-bond acceptors (Lipinski definition) is 8. The summed E-state index contributed by atoms with van der Waals surface area (Å²) in [4.78, 5) is 40.5. The first kappa shape index (κ1) is 23.5. The van der Waals surface area contributed by atoms with Crippen LogP contribution in [-0.4, -0.2) is 67.0 Å². The van der Waals surface area contributed by atoms with E-state index >= 15 is 0 Å². The smallest absolute Gasteiger partial charge is 0.230 e. The minimum absolute atomic E-state index is 0.0376. The molecule has 2 aromatic rings. The average molecular weight is 489 g/mol. The summed E-state index contributed by atoms with van der Waals surface area (Å²) in [6, 6.07) is 5.44. The van der Waals surface area contributed by atoms with Crippen molar-refractivity contribution >= 4 is 56.7 Å². The van der Waals surface area contributed by atoms with E-state index in [-0.39, 0.29) is 54.6 Å². The SMILES string of the molecule is C#CCOC[C@@H]1CC(NC(=O)CSc2nc3ccc(NC(=O)[C@@H]4CNC(=O)C4)cc3s2)CO1. The third-order valence-electron chi connectivity index (χ3n) is 5.25. The van der Waals surface area contributed by atoms with Crippen molar-refractivity contribution in [2.75, 3.05) is 37.4 Å². The summed E-state index contributed by atoms with van der Waals surface area (Å²) in [5.41, 5.74) is 1.46. The van der Waals surface area contributed by atoms with Crippen LogP contribution in [0.1, 0.15) is 12.8 Å². The van der Waals surface area contributed by atoms with E-state index in [1.807, 2.05) is 12.1 Å². The van der Waals surface area contributed by atoms with Crippen molar-refractivity contribution in [1.29, 1.82) is 0 Å². The quantitative estimate of drug-likeness (QED) is 0.277. The van der Waals surface area contributed by atoms with Crippen LogP contribution in [0.25, 0.3) is 10.2 Å². The highest BCUT2D eigenvalue weighted by Gasteiger charge is 2.28. The van der Waals surface area contributed by atoms with Crippen LogP contribution in [0.5, 0.6) is 0 Å². The largest absolute Gasteiger partial charge is 0.374 e. The number of amides is 3. The molecule has 11 heteroatoms.